The number of furan rings is 1. The fourth-order valence-corrected chi connectivity index (χ4v) is 3.43. The zero-order chi connectivity index (χ0) is 15.7. The number of benzene rings is 1. The minimum Gasteiger partial charge on any atom is -0.480 e. The van der Waals surface area contributed by atoms with Gasteiger partial charge >= 0.3 is 5.97 Å². The highest BCUT2D eigenvalue weighted by Gasteiger charge is 2.32. The molecular formula is C14H12N2O5S. The molecule has 114 valence electrons. The lowest BCUT2D eigenvalue weighted by atomic mass is 10.1. The van der Waals surface area contributed by atoms with Crippen LogP contribution in [-0.4, -0.2) is 27.8 Å². The molecule has 1 aromatic carbocycles. The van der Waals surface area contributed by atoms with Gasteiger partial charge < -0.3 is 9.52 Å². The van der Waals surface area contributed by atoms with E-state index in [0.29, 0.717) is 22.8 Å². The Morgan fingerprint density at radius 2 is 2.14 bits per heavy atom. The van der Waals surface area contributed by atoms with Crippen LogP contribution in [0.4, 0.5) is 5.69 Å². The number of para-hydroxylation sites is 1. The second kappa shape index (κ2) is 5.82. The first kappa shape index (κ1) is 14.6. The number of hydrogen-bond donors (Lipinski definition) is 2. The number of thioether (sulfide) groups is 1. The van der Waals surface area contributed by atoms with Crippen molar-refractivity contribution in [2.75, 3.05) is 5.75 Å². The SMILES string of the molecule is O=C(O)[C@@H]1CS[C@H](c2ccc(-c3ccccc3[N+](=O)[O-])o2)N1. The Morgan fingerprint density at radius 1 is 1.36 bits per heavy atom. The highest BCUT2D eigenvalue weighted by atomic mass is 32.2. The van der Waals surface area contributed by atoms with Gasteiger partial charge in [-0.1, -0.05) is 12.1 Å². The van der Waals surface area contributed by atoms with Gasteiger partial charge in [-0.15, -0.1) is 11.8 Å². The van der Waals surface area contributed by atoms with Crippen molar-refractivity contribution < 1.29 is 19.2 Å². The number of rotatable bonds is 4. The van der Waals surface area contributed by atoms with E-state index < -0.39 is 16.9 Å². The fourth-order valence-electron chi connectivity index (χ4n) is 2.26. The minimum absolute atomic E-state index is 0.0288. The summed E-state index contributed by atoms with van der Waals surface area (Å²) < 4.78 is 5.69. The third-order valence-electron chi connectivity index (χ3n) is 3.33. The topological polar surface area (TPSA) is 106 Å². The molecule has 1 fully saturated rings. The molecule has 0 amide bonds. The summed E-state index contributed by atoms with van der Waals surface area (Å²) in [5.74, 6) is 0.493. The number of hydrogen-bond acceptors (Lipinski definition) is 6. The lowest BCUT2D eigenvalue weighted by molar-refractivity contribution is -0.384. The number of nitro benzene ring substituents is 1. The standard InChI is InChI=1S/C14H12N2O5S/c17-14(18)9-7-22-13(15-9)12-6-5-11(21-12)8-3-1-2-4-10(8)16(19)20/h1-6,9,13,15H,7H2,(H,17,18)/t9-,13+/m0/s1. The van der Waals surface area contributed by atoms with Crippen LogP contribution in [-0.2, 0) is 4.79 Å². The number of aliphatic carboxylic acids is 1. The zero-order valence-electron chi connectivity index (χ0n) is 11.3. The largest absolute Gasteiger partial charge is 0.480 e. The van der Waals surface area contributed by atoms with Crippen molar-refractivity contribution in [3.63, 3.8) is 0 Å². The predicted octanol–water partition coefficient (Wildman–Crippen LogP) is 2.64. The van der Waals surface area contributed by atoms with Gasteiger partial charge in [-0.25, -0.2) is 0 Å². The highest BCUT2D eigenvalue weighted by Crippen LogP contribution is 2.37. The predicted molar refractivity (Wildman–Crippen MR) is 80.6 cm³/mol. The maximum absolute atomic E-state index is 11.1. The molecule has 22 heavy (non-hydrogen) atoms. The van der Waals surface area contributed by atoms with Gasteiger partial charge in [-0.3, -0.25) is 20.2 Å². The van der Waals surface area contributed by atoms with Crippen LogP contribution in [0.25, 0.3) is 11.3 Å². The Balaban J connectivity index is 1.86. The molecule has 1 aromatic heterocycles. The van der Waals surface area contributed by atoms with Gasteiger partial charge in [0.15, 0.2) is 0 Å². The third-order valence-corrected chi connectivity index (χ3v) is 4.56. The molecule has 7 nitrogen and oxygen atoms in total. The van der Waals surface area contributed by atoms with E-state index in [4.69, 9.17) is 9.52 Å². The van der Waals surface area contributed by atoms with Crippen molar-refractivity contribution in [1.29, 1.82) is 0 Å². The van der Waals surface area contributed by atoms with Crippen molar-refractivity contribution in [2.24, 2.45) is 0 Å². The summed E-state index contributed by atoms with van der Waals surface area (Å²) in [4.78, 5) is 21.5. The number of carboxylic acids is 1. The van der Waals surface area contributed by atoms with Crippen molar-refractivity contribution >= 4 is 23.4 Å². The van der Waals surface area contributed by atoms with Gasteiger partial charge in [0.2, 0.25) is 0 Å². The van der Waals surface area contributed by atoms with E-state index in [0.717, 1.165) is 0 Å². The summed E-state index contributed by atoms with van der Waals surface area (Å²) in [6.45, 7) is 0. The number of carbonyl (C=O) groups is 1. The molecule has 1 aliphatic rings. The molecule has 3 rings (SSSR count). The minimum atomic E-state index is -0.902. The van der Waals surface area contributed by atoms with Crippen LogP contribution < -0.4 is 5.32 Å². The molecule has 0 saturated carbocycles. The van der Waals surface area contributed by atoms with E-state index in [2.05, 4.69) is 5.32 Å². The van der Waals surface area contributed by atoms with Crippen molar-refractivity contribution in [2.45, 2.75) is 11.4 Å². The Hall–Kier alpha value is -2.32. The van der Waals surface area contributed by atoms with Crippen molar-refractivity contribution in [1.82, 2.24) is 5.32 Å². The molecule has 0 radical (unpaired) electrons. The lowest BCUT2D eigenvalue weighted by Crippen LogP contribution is -2.33. The molecule has 1 aliphatic heterocycles. The van der Waals surface area contributed by atoms with Crippen LogP contribution in [0, 0.1) is 10.1 Å². The zero-order valence-corrected chi connectivity index (χ0v) is 12.1. The van der Waals surface area contributed by atoms with E-state index in [1.165, 1.54) is 17.8 Å². The van der Waals surface area contributed by atoms with Crippen molar-refractivity contribution in [3.05, 3.63) is 52.3 Å². The first-order valence-electron chi connectivity index (χ1n) is 6.50. The van der Waals surface area contributed by atoms with Crippen LogP contribution in [0.2, 0.25) is 0 Å². The third kappa shape index (κ3) is 2.70. The molecule has 2 aromatic rings. The molecule has 1 saturated heterocycles. The van der Waals surface area contributed by atoms with Gasteiger partial charge in [0, 0.05) is 11.8 Å². The second-order valence-electron chi connectivity index (χ2n) is 4.75. The van der Waals surface area contributed by atoms with E-state index in [9.17, 15) is 14.9 Å². The maximum atomic E-state index is 11.1. The van der Waals surface area contributed by atoms with Gasteiger partial charge in [0.25, 0.3) is 5.69 Å². The summed E-state index contributed by atoms with van der Waals surface area (Å²) in [6, 6.07) is 9.09. The summed E-state index contributed by atoms with van der Waals surface area (Å²) in [7, 11) is 0. The van der Waals surface area contributed by atoms with Gasteiger partial charge in [-0.05, 0) is 18.2 Å². The number of carboxylic acid groups (broad SMARTS) is 1. The Morgan fingerprint density at radius 3 is 2.82 bits per heavy atom. The normalized spacial score (nSPS) is 20.9. The average Bonchev–Trinajstić information content (AvgIpc) is 3.16. The van der Waals surface area contributed by atoms with Crippen molar-refractivity contribution in [3.8, 4) is 11.3 Å². The summed E-state index contributed by atoms with van der Waals surface area (Å²) >= 11 is 1.43. The van der Waals surface area contributed by atoms with Crippen LogP contribution in [0.1, 0.15) is 11.1 Å². The molecule has 8 heteroatoms. The molecule has 0 bridgehead atoms. The van der Waals surface area contributed by atoms with Crippen LogP contribution >= 0.6 is 11.8 Å². The fraction of sp³-hybridized carbons (Fsp3) is 0.214. The number of nitro groups is 1. The maximum Gasteiger partial charge on any atom is 0.321 e. The quantitative estimate of drug-likeness (QED) is 0.659. The Kier molecular flexibility index (Phi) is 3.86. The van der Waals surface area contributed by atoms with Gasteiger partial charge in [-0.2, -0.15) is 0 Å². The molecule has 2 heterocycles. The van der Waals surface area contributed by atoms with E-state index >= 15 is 0 Å². The smallest absolute Gasteiger partial charge is 0.321 e. The van der Waals surface area contributed by atoms with Crippen LogP contribution in [0.15, 0.2) is 40.8 Å². The van der Waals surface area contributed by atoms with E-state index in [1.54, 1.807) is 30.3 Å². The summed E-state index contributed by atoms with van der Waals surface area (Å²) in [6.07, 6.45) is 0. The second-order valence-corrected chi connectivity index (χ2v) is 5.89. The van der Waals surface area contributed by atoms with E-state index in [1.807, 2.05) is 0 Å². The van der Waals surface area contributed by atoms with Crippen LogP contribution in [0.5, 0.6) is 0 Å². The molecule has 0 aliphatic carbocycles. The first-order chi connectivity index (χ1) is 10.6. The monoisotopic (exact) mass is 320 g/mol. The summed E-state index contributed by atoms with van der Waals surface area (Å²) in [5.41, 5.74) is 0.371. The average molecular weight is 320 g/mol. The number of nitrogens with zero attached hydrogens (tertiary/aromatic N) is 1. The molecule has 0 spiro atoms. The van der Waals surface area contributed by atoms with E-state index in [-0.39, 0.29) is 11.1 Å². The van der Waals surface area contributed by atoms with Crippen LogP contribution in [0.3, 0.4) is 0 Å². The number of nitrogens with one attached hydrogen (secondary N) is 1. The first-order valence-corrected chi connectivity index (χ1v) is 7.55. The van der Waals surface area contributed by atoms with Gasteiger partial charge in [0.05, 0.1) is 10.5 Å². The lowest BCUT2D eigenvalue weighted by Gasteiger charge is -2.07. The summed E-state index contributed by atoms with van der Waals surface area (Å²) in [5, 5.41) is 22.7. The molecule has 0 unspecified atom stereocenters. The van der Waals surface area contributed by atoms with Gasteiger partial charge in [0.1, 0.15) is 22.9 Å². The molecule has 2 N–H and O–H groups in total. The molecule has 2 atom stereocenters. The Labute approximate surface area is 129 Å². The highest BCUT2D eigenvalue weighted by molar-refractivity contribution is 7.99. The molecular weight excluding hydrogens is 308 g/mol. The Bertz CT molecular complexity index is 730.